The maximum absolute atomic E-state index is 11.8. The van der Waals surface area contributed by atoms with Crippen molar-refractivity contribution >= 4 is 17.8 Å². The first-order chi connectivity index (χ1) is 9.56. The summed E-state index contributed by atoms with van der Waals surface area (Å²) in [4.78, 5) is 11.8. The van der Waals surface area contributed by atoms with Crippen LogP contribution in [0, 0.1) is 13.8 Å². The number of benzene rings is 2. The number of amides is 1. The lowest BCUT2D eigenvalue weighted by Crippen LogP contribution is -2.17. The molecule has 0 radical (unpaired) electrons. The van der Waals surface area contributed by atoms with Gasteiger partial charge in [0.15, 0.2) is 0 Å². The number of rotatable bonds is 3. The Hall–Kier alpha value is -2.62. The zero-order valence-corrected chi connectivity index (χ0v) is 11.6. The summed E-state index contributed by atoms with van der Waals surface area (Å²) in [6.45, 7) is 4.02. The van der Waals surface area contributed by atoms with Gasteiger partial charge in [0, 0.05) is 11.3 Å². The Bertz CT molecular complexity index is 645. The average molecular weight is 267 g/mol. The second-order valence-electron chi connectivity index (χ2n) is 4.68. The van der Waals surface area contributed by atoms with Gasteiger partial charge in [-0.1, -0.05) is 23.8 Å². The van der Waals surface area contributed by atoms with Crippen molar-refractivity contribution in [2.45, 2.75) is 13.8 Å². The van der Waals surface area contributed by atoms with Gasteiger partial charge >= 0.3 is 0 Å². The summed E-state index contributed by atoms with van der Waals surface area (Å²) in [6.07, 6.45) is 1.65. The van der Waals surface area contributed by atoms with Gasteiger partial charge in [-0.15, -0.1) is 0 Å². The van der Waals surface area contributed by atoms with E-state index in [0.717, 1.165) is 16.7 Å². The van der Waals surface area contributed by atoms with Gasteiger partial charge in [0.2, 0.25) is 0 Å². The summed E-state index contributed by atoms with van der Waals surface area (Å²) >= 11 is 0. The van der Waals surface area contributed by atoms with Crippen molar-refractivity contribution in [3.05, 3.63) is 64.7 Å². The average Bonchev–Trinajstić information content (AvgIpc) is 2.43. The summed E-state index contributed by atoms with van der Waals surface area (Å²) < 4.78 is 0. The van der Waals surface area contributed by atoms with Gasteiger partial charge in [0.05, 0.1) is 6.21 Å². The van der Waals surface area contributed by atoms with E-state index in [-0.39, 0.29) is 5.91 Å². The molecule has 0 unspecified atom stereocenters. The fraction of sp³-hybridized carbons (Fsp3) is 0.125. The summed E-state index contributed by atoms with van der Waals surface area (Å²) in [5, 5.41) is 3.99. The van der Waals surface area contributed by atoms with Crippen LogP contribution in [0.1, 0.15) is 27.0 Å². The molecule has 4 heteroatoms. The largest absolute Gasteiger partial charge is 0.399 e. The molecule has 4 nitrogen and oxygen atoms in total. The van der Waals surface area contributed by atoms with Crippen molar-refractivity contribution in [1.82, 2.24) is 5.43 Å². The number of aryl methyl sites for hydroxylation is 2. The van der Waals surface area contributed by atoms with E-state index in [1.54, 1.807) is 30.5 Å². The molecule has 2 aromatic carbocycles. The molecular weight excluding hydrogens is 250 g/mol. The summed E-state index contributed by atoms with van der Waals surface area (Å²) in [7, 11) is 0. The van der Waals surface area contributed by atoms with E-state index in [1.807, 2.05) is 32.0 Å². The number of carbonyl (C=O) groups excluding carboxylic acids is 1. The highest BCUT2D eigenvalue weighted by Crippen LogP contribution is 2.08. The van der Waals surface area contributed by atoms with E-state index in [2.05, 4.69) is 10.5 Å². The van der Waals surface area contributed by atoms with E-state index >= 15 is 0 Å². The minimum Gasteiger partial charge on any atom is -0.399 e. The number of nitrogens with two attached hydrogens (primary N) is 1. The minimum absolute atomic E-state index is 0.258. The van der Waals surface area contributed by atoms with Gasteiger partial charge in [-0.05, 0) is 49.2 Å². The monoisotopic (exact) mass is 267 g/mol. The van der Waals surface area contributed by atoms with Crippen LogP contribution >= 0.6 is 0 Å². The van der Waals surface area contributed by atoms with Crippen LogP contribution < -0.4 is 11.2 Å². The maximum atomic E-state index is 11.8. The molecule has 20 heavy (non-hydrogen) atoms. The second kappa shape index (κ2) is 6.02. The second-order valence-corrected chi connectivity index (χ2v) is 4.68. The Labute approximate surface area is 118 Å². The molecule has 0 atom stereocenters. The molecule has 2 rings (SSSR count). The number of hydrazone groups is 1. The van der Waals surface area contributed by atoms with E-state index in [0.29, 0.717) is 11.3 Å². The van der Waals surface area contributed by atoms with Crippen LogP contribution in [-0.2, 0) is 0 Å². The molecule has 0 aromatic heterocycles. The molecule has 0 spiro atoms. The Balaban J connectivity index is 2.04. The van der Waals surface area contributed by atoms with Crippen molar-refractivity contribution in [3.8, 4) is 0 Å². The maximum Gasteiger partial charge on any atom is 0.271 e. The van der Waals surface area contributed by atoms with Crippen LogP contribution in [0.15, 0.2) is 47.6 Å². The predicted octanol–water partition coefficient (Wildman–Crippen LogP) is 2.65. The van der Waals surface area contributed by atoms with Crippen molar-refractivity contribution in [3.63, 3.8) is 0 Å². The molecule has 0 fully saturated rings. The third kappa shape index (κ3) is 3.45. The molecule has 1 amide bonds. The molecule has 0 heterocycles. The van der Waals surface area contributed by atoms with E-state index < -0.39 is 0 Å². The molecule has 102 valence electrons. The summed E-state index contributed by atoms with van der Waals surface area (Å²) in [5.41, 5.74) is 12.5. The fourth-order valence-corrected chi connectivity index (χ4v) is 1.76. The SMILES string of the molecule is Cc1ccc(C)c(/C=N/NC(=O)c2ccc(N)cc2)c1. The van der Waals surface area contributed by atoms with Gasteiger partial charge in [-0.3, -0.25) is 4.79 Å². The Morgan fingerprint density at radius 1 is 1.15 bits per heavy atom. The quantitative estimate of drug-likeness (QED) is 0.510. The topological polar surface area (TPSA) is 67.5 Å². The number of nitrogens with zero attached hydrogens (tertiary/aromatic N) is 1. The first kappa shape index (κ1) is 13.8. The lowest BCUT2D eigenvalue weighted by Gasteiger charge is -2.02. The fourth-order valence-electron chi connectivity index (χ4n) is 1.76. The Morgan fingerprint density at radius 2 is 1.85 bits per heavy atom. The van der Waals surface area contributed by atoms with Crippen LogP contribution in [0.3, 0.4) is 0 Å². The van der Waals surface area contributed by atoms with Crippen LogP contribution in [0.2, 0.25) is 0 Å². The lowest BCUT2D eigenvalue weighted by atomic mass is 10.1. The smallest absolute Gasteiger partial charge is 0.271 e. The van der Waals surface area contributed by atoms with Gasteiger partial charge in [-0.25, -0.2) is 5.43 Å². The highest BCUT2D eigenvalue weighted by molar-refractivity contribution is 5.95. The first-order valence-electron chi connectivity index (χ1n) is 6.32. The van der Waals surface area contributed by atoms with Crippen molar-refractivity contribution in [2.24, 2.45) is 5.10 Å². The first-order valence-corrected chi connectivity index (χ1v) is 6.32. The van der Waals surface area contributed by atoms with Gasteiger partial charge in [-0.2, -0.15) is 5.10 Å². The number of carbonyl (C=O) groups is 1. The minimum atomic E-state index is -0.258. The predicted molar refractivity (Wildman–Crippen MR) is 81.8 cm³/mol. The molecule has 0 saturated carbocycles. The molecule has 0 aliphatic heterocycles. The zero-order valence-electron chi connectivity index (χ0n) is 11.6. The van der Waals surface area contributed by atoms with Crippen LogP contribution in [0.25, 0.3) is 0 Å². The third-order valence-corrected chi connectivity index (χ3v) is 2.98. The lowest BCUT2D eigenvalue weighted by molar-refractivity contribution is 0.0955. The van der Waals surface area contributed by atoms with Gasteiger partial charge < -0.3 is 5.73 Å². The summed E-state index contributed by atoms with van der Waals surface area (Å²) in [6, 6.07) is 12.8. The zero-order chi connectivity index (χ0) is 14.5. The highest BCUT2D eigenvalue weighted by atomic mass is 16.2. The van der Waals surface area contributed by atoms with Crippen LogP contribution in [0.4, 0.5) is 5.69 Å². The number of nitrogen functional groups attached to an aromatic ring is 1. The molecule has 0 aliphatic rings. The van der Waals surface area contributed by atoms with Crippen molar-refractivity contribution in [2.75, 3.05) is 5.73 Å². The standard InChI is InChI=1S/C16H17N3O/c1-11-3-4-12(2)14(9-11)10-18-19-16(20)13-5-7-15(17)8-6-13/h3-10H,17H2,1-2H3,(H,19,20)/b18-10+. The van der Waals surface area contributed by atoms with Crippen LogP contribution in [-0.4, -0.2) is 12.1 Å². The normalized spacial score (nSPS) is 10.7. The van der Waals surface area contributed by atoms with Gasteiger partial charge in [0.1, 0.15) is 0 Å². The third-order valence-electron chi connectivity index (χ3n) is 2.98. The summed E-state index contributed by atoms with van der Waals surface area (Å²) in [5.74, 6) is -0.258. The Morgan fingerprint density at radius 3 is 2.55 bits per heavy atom. The molecule has 0 bridgehead atoms. The van der Waals surface area contributed by atoms with Crippen molar-refractivity contribution in [1.29, 1.82) is 0 Å². The van der Waals surface area contributed by atoms with Gasteiger partial charge in [0.25, 0.3) is 5.91 Å². The number of hydrogen-bond donors (Lipinski definition) is 2. The number of anilines is 1. The van der Waals surface area contributed by atoms with Crippen molar-refractivity contribution < 1.29 is 4.79 Å². The number of nitrogens with one attached hydrogen (secondary N) is 1. The molecule has 0 saturated heterocycles. The van der Waals surface area contributed by atoms with E-state index in [4.69, 9.17) is 5.73 Å². The van der Waals surface area contributed by atoms with E-state index in [1.165, 1.54) is 0 Å². The number of hydrogen-bond acceptors (Lipinski definition) is 3. The highest BCUT2D eigenvalue weighted by Gasteiger charge is 2.03. The van der Waals surface area contributed by atoms with Crippen LogP contribution in [0.5, 0.6) is 0 Å². The molecule has 2 aromatic rings. The van der Waals surface area contributed by atoms with E-state index in [9.17, 15) is 4.79 Å². The molecule has 3 N–H and O–H groups in total. The molecule has 0 aliphatic carbocycles. The Kier molecular flexibility index (Phi) is 4.15. The molecular formula is C16H17N3O.